The van der Waals surface area contributed by atoms with E-state index in [9.17, 15) is 14.4 Å². The first-order valence-corrected chi connectivity index (χ1v) is 36.5. The molecule has 81 heavy (non-hydrogen) atoms. The van der Waals surface area contributed by atoms with Gasteiger partial charge in [0.1, 0.15) is 13.2 Å². The highest BCUT2D eigenvalue weighted by Crippen LogP contribution is 2.19. The summed E-state index contributed by atoms with van der Waals surface area (Å²) < 4.78 is 16.8. The average Bonchev–Trinajstić information content (AvgIpc) is 3.47. The van der Waals surface area contributed by atoms with Gasteiger partial charge < -0.3 is 14.2 Å². The maximum absolute atomic E-state index is 12.9. The summed E-state index contributed by atoms with van der Waals surface area (Å²) in [6.07, 6.45) is 88.2. The Morgan fingerprint density at radius 1 is 0.247 bits per heavy atom. The number of carbonyl (C=O) groups is 3. The summed E-state index contributed by atoms with van der Waals surface area (Å²) in [6.45, 7) is 6.61. The van der Waals surface area contributed by atoms with Gasteiger partial charge in [-0.3, -0.25) is 14.4 Å². The van der Waals surface area contributed by atoms with E-state index in [4.69, 9.17) is 14.2 Å². The van der Waals surface area contributed by atoms with Gasteiger partial charge in [0.05, 0.1) is 0 Å². The van der Waals surface area contributed by atoms with Gasteiger partial charge in [-0.1, -0.05) is 346 Å². The Labute approximate surface area is 506 Å². The molecule has 0 N–H and O–H groups in total. The smallest absolute Gasteiger partial charge is 0.306 e. The molecule has 0 amide bonds. The lowest BCUT2D eigenvalue weighted by molar-refractivity contribution is -0.167. The summed E-state index contributed by atoms with van der Waals surface area (Å²) in [5, 5.41) is 0. The van der Waals surface area contributed by atoms with Crippen LogP contribution in [0.4, 0.5) is 0 Å². The highest BCUT2D eigenvalue weighted by atomic mass is 16.6. The minimum atomic E-state index is -0.766. The number of carbonyl (C=O) groups excluding carboxylic acids is 3. The first kappa shape index (κ1) is 78.6. The molecule has 476 valence electrons. The Morgan fingerprint density at radius 3 is 0.691 bits per heavy atom. The van der Waals surface area contributed by atoms with Crippen LogP contribution in [0.5, 0.6) is 0 Å². The van der Waals surface area contributed by atoms with Crippen molar-refractivity contribution < 1.29 is 28.6 Å². The summed E-state index contributed by atoms with van der Waals surface area (Å²) >= 11 is 0. The van der Waals surface area contributed by atoms with Gasteiger partial charge in [-0.15, -0.1) is 0 Å². The minimum Gasteiger partial charge on any atom is -0.462 e. The molecule has 0 radical (unpaired) electrons. The van der Waals surface area contributed by atoms with Crippen LogP contribution < -0.4 is 0 Å². The molecular weight excluding hydrogens is 997 g/mol. The summed E-state index contributed by atoms with van der Waals surface area (Å²) in [4.78, 5) is 38.0. The lowest BCUT2D eigenvalue weighted by Crippen LogP contribution is -2.30. The van der Waals surface area contributed by atoms with E-state index >= 15 is 0 Å². The van der Waals surface area contributed by atoms with Crippen LogP contribution in [0.2, 0.25) is 0 Å². The van der Waals surface area contributed by atoms with Crippen LogP contribution >= 0.6 is 0 Å². The summed E-state index contributed by atoms with van der Waals surface area (Å²) in [6, 6.07) is 0. The van der Waals surface area contributed by atoms with Crippen molar-refractivity contribution in [3.63, 3.8) is 0 Å². The number of hydrogen-bond donors (Lipinski definition) is 0. The fraction of sp³-hybridized carbons (Fsp3) is 0.880. The number of rotatable bonds is 68. The zero-order chi connectivity index (χ0) is 58.5. The van der Waals surface area contributed by atoms with Gasteiger partial charge in [0.15, 0.2) is 6.10 Å². The van der Waals surface area contributed by atoms with Gasteiger partial charge >= 0.3 is 17.9 Å². The normalized spacial score (nSPS) is 12.2. The number of hydrogen-bond acceptors (Lipinski definition) is 6. The molecule has 0 aromatic rings. The van der Waals surface area contributed by atoms with Crippen LogP contribution in [0.3, 0.4) is 0 Å². The van der Waals surface area contributed by atoms with Crippen LogP contribution in [-0.2, 0) is 28.6 Å². The van der Waals surface area contributed by atoms with Crippen molar-refractivity contribution in [3.8, 4) is 0 Å². The van der Waals surface area contributed by atoms with Crippen molar-refractivity contribution in [2.24, 2.45) is 0 Å². The fourth-order valence-electron chi connectivity index (χ4n) is 11.1. The van der Waals surface area contributed by atoms with Crippen molar-refractivity contribution in [3.05, 3.63) is 36.5 Å². The molecule has 0 saturated heterocycles. The molecule has 0 saturated carbocycles. The van der Waals surface area contributed by atoms with Crippen molar-refractivity contribution in [2.45, 2.75) is 412 Å². The van der Waals surface area contributed by atoms with Crippen molar-refractivity contribution >= 4 is 17.9 Å². The number of ether oxygens (including phenoxy) is 3. The van der Waals surface area contributed by atoms with Crippen molar-refractivity contribution in [1.29, 1.82) is 0 Å². The van der Waals surface area contributed by atoms with Crippen LogP contribution in [0.25, 0.3) is 0 Å². The summed E-state index contributed by atoms with van der Waals surface area (Å²) in [5.41, 5.74) is 0. The van der Waals surface area contributed by atoms with E-state index in [1.807, 2.05) is 0 Å². The SMILES string of the molecule is CCCCCCC/C=C\C/C=C\CCCCCCCCCCCCCCCCCCCCCCCC(=O)OCC(COC(=O)CCCCCCC)OC(=O)CCCCCCCCCCCCCCC/C=C\CCCCCCCCCC. The van der Waals surface area contributed by atoms with E-state index in [-0.39, 0.29) is 31.1 Å². The van der Waals surface area contributed by atoms with Gasteiger partial charge in [-0.05, 0) is 77.0 Å². The van der Waals surface area contributed by atoms with E-state index in [1.54, 1.807) is 0 Å². The minimum absolute atomic E-state index is 0.0668. The first-order chi connectivity index (χ1) is 40.0. The molecule has 6 heteroatoms. The Bertz CT molecular complexity index is 1350. The monoisotopic (exact) mass is 1140 g/mol. The van der Waals surface area contributed by atoms with Gasteiger partial charge in [-0.2, -0.15) is 0 Å². The third-order valence-corrected chi connectivity index (χ3v) is 16.6. The molecule has 0 aliphatic carbocycles. The number of allylic oxidation sites excluding steroid dienone is 6. The molecule has 0 aliphatic heterocycles. The van der Waals surface area contributed by atoms with Gasteiger partial charge in [0, 0.05) is 19.3 Å². The van der Waals surface area contributed by atoms with Gasteiger partial charge in [-0.25, -0.2) is 0 Å². The Hall–Kier alpha value is -2.37. The molecule has 0 heterocycles. The van der Waals surface area contributed by atoms with E-state index in [0.29, 0.717) is 19.3 Å². The highest BCUT2D eigenvalue weighted by Gasteiger charge is 2.19. The number of esters is 3. The summed E-state index contributed by atoms with van der Waals surface area (Å²) in [5.74, 6) is -0.854. The molecule has 0 aromatic heterocycles. The molecule has 1 atom stereocenters. The molecular formula is C75H140O6. The zero-order valence-corrected chi connectivity index (χ0v) is 54.8. The van der Waals surface area contributed by atoms with Crippen LogP contribution in [0.15, 0.2) is 36.5 Å². The van der Waals surface area contributed by atoms with Gasteiger partial charge in [0.25, 0.3) is 0 Å². The molecule has 0 bridgehead atoms. The second kappa shape index (κ2) is 70.1. The largest absolute Gasteiger partial charge is 0.462 e. The van der Waals surface area contributed by atoms with Gasteiger partial charge in [0.2, 0.25) is 0 Å². The second-order valence-electron chi connectivity index (χ2n) is 24.9. The predicted octanol–water partition coefficient (Wildman–Crippen LogP) is 25.1. The molecule has 0 spiro atoms. The third kappa shape index (κ3) is 68.3. The molecule has 0 aliphatic rings. The molecule has 6 nitrogen and oxygen atoms in total. The topological polar surface area (TPSA) is 78.9 Å². The third-order valence-electron chi connectivity index (χ3n) is 16.6. The fourth-order valence-corrected chi connectivity index (χ4v) is 11.1. The molecule has 0 aromatic carbocycles. The predicted molar refractivity (Wildman–Crippen MR) is 353 cm³/mol. The molecule has 0 rings (SSSR count). The van der Waals surface area contributed by atoms with Crippen molar-refractivity contribution in [1.82, 2.24) is 0 Å². The lowest BCUT2D eigenvalue weighted by atomic mass is 10.0. The Balaban J connectivity index is 3.89. The molecule has 1 unspecified atom stereocenters. The lowest BCUT2D eigenvalue weighted by Gasteiger charge is -2.18. The van der Waals surface area contributed by atoms with E-state index in [1.165, 1.54) is 295 Å². The first-order valence-electron chi connectivity index (χ1n) is 36.5. The highest BCUT2D eigenvalue weighted by molar-refractivity contribution is 5.71. The van der Waals surface area contributed by atoms with Crippen molar-refractivity contribution in [2.75, 3.05) is 13.2 Å². The standard InChI is InChI=1S/C75H140O6/c1-4-7-10-13-15-17-19-21-23-25-27-29-31-33-34-35-36-37-38-39-40-42-43-45-47-49-51-53-55-57-59-62-65-68-74(77)80-71-72(70-79-73(76)67-64-61-12-9-6-3)81-75(78)69-66-63-60-58-56-54-52-50-48-46-44-41-32-30-28-26-24-22-20-18-16-14-11-8-5-2/h19,21,25-28,72H,4-18,20,22-24,29-71H2,1-3H3/b21-19-,27-25-,28-26-. The quantitative estimate of drug-likeness (QED) is 0.0261. The molecule has 0 fully saturated rings. The van der Waals surface area contributed by atoms with E-state index in [2.05, 4.69) is 57.2 Å². The van der Waals surface area contributed by atoms with E-state index < -0.39 is 6.10 Å². The summed E-state index contributed by atoms with van der Waals surface area (Å²) in [7, 11) is 0. The van der Waals surface area contributed by atoms with E-state index in [0.717, 1.165) is 70.6 Å². The second-order valence-corrected chi connectivity index (χ2v) is 24.9. The Kier molecular flexibility index (Phi) is 68.1. The Morgan fingerprint density at radius 2 is 0.444 bits per heavy atom. The number of unbranched alkanes of at least 4 members (excludes halogenated alkanes) is 51. The van der Waals surface area contributed by atoms with Crippen LogP contribution in [-0.4, -0.2) is 37.2 Å². The van der Waals surface area contributed by atoms with Crippen LogP contribution in [0, 0.1) is 0 Å². The zero-order valence-electron chi connectivity index (χ0n) is 54.8. The maximum atomic E-state index is 12.9. The van der Waals surface area contributed by atoms with Crippen LogP contribution in [0.1, 0.15) is 406 Å². The average molecular weight is 1140 g/mol. The maximum Gasteiger partial charge on any atom is 0.306 e.